The molecule has 2 amide bonds. The van der Waals surface area contributed by atoms with E-state index in [2.05, 4.69) is 5.32 Å². The summed E-state index contributed by atoms with van der Waals surface area (Å²) in [6, 6.07) is 0.208. The van der Waals surface area contributed by atoms with E-state index in [4.69, 9.17) is 5.84 Å². The number of rotatable bonds is 3. The molecule has 0 radical (unpaired) electrons. The molecule has 4 N–H and O–H groups in total. The van der Waals surface area contributed by atoms with Gasteiger partial charge >= 0.3 is 11.8 Å². The molecule has 0 aromatic rings. The van der Waals surface area contributed by atoms with Crippen LogP contribution in [0.4, 0.5) is 0 Å². The first kappa shape index (κ1) is 9.45. The van der Waals surface area contributed by atoms with Gasteiger partial charge in [0.15, 0.2) is 0 Å². The SMILES string of the molecule is NNC(=O)C(=O)NC(C1CC1)C1CC1. The molecular formula is C9H15N3O2. The van der Waals surface area contributed by atoms with Crippen molar-refractivity contribution in [3.05, 3.63) is 0 Å². The fraction of sp³-hybridized carbons (Fsp3) is 0.778. The number of nitrogens with one attached hydrogen (secondary N) is 2. The van der Waals surface area contributed by atoms with Gasteiger partial charge in [0.2, 0.25) is 0 Å². The lowest BCUT2D eigenvalue weighted by Crippen LogP contribution is -2.48. The molecule has 2 aliphatic carbocycles. The second-order valence-electron chi connectivity index (χ2n) is 4.15. The van der Waals surface area contributed by atoms with Gasteiger partial charge in [-0.2, -0.15) is 0 Å². The van der Waals surface area contributed by atoms with Crippen LogP contribution in [0.1, 0.15) is 25.7 Å². The average molecular weight is 197 g/mol. The maximum absolute atomic E-state index is 11.2. The maximum Gasteiger partial charge on any atom is 0.323 e. The van der Waals surface area contributed by atoms with E-state index in [0.717, 1.165) is 0 Å². The molecule has 0 heterocycles. The van der Waals surface area contributed by atoms with E-state index in [-0.39, 0.29) is 6.04 Å². The van der Waals surface area contributed by atoms with Gasteiger partial charge in [0.05, 0.1) is 0 Å². The minimum absolute atomic E-state index is 0.208. The lowest BCUT2D eigenvalue weighted by atomic mass is 10.1. The number of nitrogens with two attached hydrogens (primary N) is 1. The van der Waals surface area contributed by atoms with Gasteiger partial charge in [-0.25, -0.2) is 5.84 Å². The van der Waals surface area contributed by atoms with E-state index in [9.17, 15) is 9.59 Å². The second kappa shape index (κ2) is 3.57. The molecule has 2 rings (SSSR count). The zero-order valence-corrected chi connectivity index (χ0v) is 7.95. The average Bonchev–Trinajstić information content (AvgIpc) is 3.04. The minimum atomic E-state index is -0.753. The fourth-order valence-electron chi connectivity index (χ4n) is 1.81. The van der Waals surface area contributed by atoms with Crippen molar-refractivity contribution in [3.8, 4) is 0 Å². The van der Waals surface area contributed by atoms with Crippen LogP contribution in [0.15, 0.2) is 0 Å². The lowest BCUT2D eigenvalue weighted by Gasteiger charge is -2.16. The van der Waals surface area contributed by atoms with Gasteiger partial charge in [0, 0.05) is 6.04 Å². The zero-order chi connectivity index (χ0) is 10.1. The Balaban J connectivity index is 1.86. The third-order valence-electron chi connectivity index (χ3n) is 2.89. The van der Waals surface area contributed by atoms with Gasteiger partial charge in [-0.3, -0.25) is 15.0 Å². The van der Waals surface area contributed by atoms with E-state index in [1.54, 1.807) is 0 Å². The maximum atomic E-state index is 11.2. The summed E-state index contributed by atoms with van der Waals surface area (Å²) >= 11 is 0. The van der Waals surface area contributed by atoms with Crippen molar-refractivity contribution in [2.75, 3.05) is 0 Å². The second-order valence-corrected chi connectivity index (χ2v) is 4.15. The largest absolute Gasteiger partial charge is 0.345 e. The van der Waals surface area contributed by atoms with Gasteiger partial charge < -0.3 is 5.32 Å². The number of hydrogen-bond donors (Lipinski definition) is 3. The molecule has 5 nitrogen and oxygen atoms in total. The van der Waals surface area contributed by atoms with Crippen molar-refractivity contribution < 1.29 is 9.59 Å². The Morgan fingerprint density at radius 1 is 1.07 bits per heavy atom. The summed E-state index contributed by atoms with van der Waals surface area (Å²) in [5.74, 6) is 4.71. The van der Waals surface area contributed by atoms with E-state index >= 15 is 0 Å². The summed E-state index contributed by atoms with van der Waals surface area (Å²) < 4.78 is 0. The molecule has 0 bridgehead atoms. The molecule has 2 aliphatic rings. The molecule has 0 aromatic carbocycles. The van der Waals surface area contributed by atoms with Crippen LogP contribution in [0.5, 0.6) is 0 Å². The zero-order valence-electron chi connectivity index (χ0n) is 7.95. The van der Waals surface area contributed by atoms with Crippen LogP contribution in [-0.2, 0) is 9.59 Å². The lowest BCUT2D eigenvalue weighted by molar-refractivity contribution is -0.139. The molecule has 0 spiro atoms. The Bertz CT molecular complexity index is 247. The van der Waals surface area contributed by atoms with Crippen molar-refractivity contribution in [2.45, 2.75) is 31.7 Å². The van der Waals surface area contributed by atoms with Crippen molar-refractivity contribution in [1.29, 1.82) is 0 Å². The summed E-state index contributed by atoms with van der Waals surface area (Å²) in [5, 5.41) is 2.76. The molecular weight excluding hydrogens is 182 g/mol. The van der Waals surface area contributed by atoms with Crippen LogP contribution in [-0.4, -0.2) is 17.9 Å². The molecule has 0 aliphatic heterocycles. The normalized spacial score (nSPS) is 20.7. The van der Waals surface area contributed by atoms with Crippen LogP contribution in [0.3, 0.4) is 0 Å². The molecule has 2 saturated carbocycles. The van der Waals surface area contributed by atoms with Gasteiger partial charge in [-0.15, -0.1) is 0 Å². The van der Waals surface area contributed by atoms with Gasteiger partial charge in [-0.05, 0) is 37.5 Å². The molecule has 0 unspecified atom stereocenters. The quantitative estimate of drug-likeness (QED) is 0.242. The first-order chi connectivity index (χ1) is 6.72. The van der Waals surface area contributed by atoms with Crippen LogP contribution in [0, 0.1) is 11.8 Å². The van der Waals surface area contributed by atoms with E-state index < -0.39 is 11.8 Å². The highest BCUT2D eigenvalue weighted by molar-refractivity contribution is 6.35. The van der Waals surface area contributed by atoms with Crippen molar-refractivity contribution in [1.82, 2.24) is 10.7 Å². The summed E-state index contributed by atoms with van der Waals surface area (Å²) in [7, 11) is 0. The van der Waals surface area contributed by atoms with Crippen LogP contribution in [0.2, 0.25) is 0 Å². The minimum Gasteiger partial charge on any atom is -0.345 e. The number of hydrogen-bond acceptors (Lipinski definition) is 3. The summed E-state index contributed by atoms with van der Waals surface area (Å²) in [6.07, 6.45) is 4.69. The van der Waals surface area contributed by atoms with Crippen molar-refractivity contribution in [2.24, 2.45) is 17.7 Å². The summed E-state index contributed by atoms with van der Waals surface area (Å²) in [5.41, 5.74) is 1.84. The summed E-state index contributed by atoms with van der Waals surface area (Å²) in [6.45, 7) is 0. The Labute approximate surface area is 82.4 Å². The first-order valence-electron chi connectivity index (χ1n) is 5.04. The Kier molecular flexibility index (Phi) is 2.41. The molecule has 0 saturated heterocycles. The number of amides is 2. The first-order valence-corrected chi connectivity index (χ1v) is 5.04. The van der Waals surface area contributed by atoms with Crippen LogP contribution in [0.25, 0.3) is 0 Å². The number of carbonyl (C=O) groups is 2. The number of carbonyl (C=O) groups excluding carboxylic acids is 2. The van der Waals surface area contributed by atoms with E-state index in [0.29, 0.717) is 11.8 Å². The molecule has 5 heteroatoms. The Morgan fingerprint density at radius 2 is 1.57 bits per heavy atom. The van der Waals surface area contributed by atoms with E-state index in [1.165, 1.54) is 25.7 Å². The topological polar surface area (TPSA) is 84.2 Å². The van der Waals surface area contributed by atoms with Gasteiger partial charge in [-0.1, -0.05) is 0 Å². The standard InChI is InChI=1S/C9H15N3O2/c10-12-9(14)8(13)11-7(5-1-2-5)6-3-4-6/h5-7H,1-4,10H2,(H,11,13)(H,12,14). The molecule has 14 heavy (non-hydrogen) atoms. The van der Waals surface area contributed by atoms with Gasteiger partial charge in [0.1, 0.15) is 0 Å². The molecule has 2 fully saturated rings. The fourth-order valence-corrected chi connectivity index (χ4v) is 1.81. The van der Waals surface area contributed by atoms with E-state index in [1.807, 2.05) is 5.43 Å². The third kappa shape index (κ3) is 2.04. The summed E-state index contributed by atoms with van der Waals surface area (Å²) in [4.78, 5) is 22.1. The molecule has 78 valence electrons. The monoisotopic (exact) mass is 197 g/mol. The van der Waals surface area contributed by atoms with Gasteiger partial charge in [0.25, 0.3) is 0 Å². The predicted molar refractivity (Wildman–Crippen MR) is 49.7 cm³/mol. The third-order valence-corrected chi connectivity index (χ3v) is 2.89. The highest BCUT2D eigenvalue weighted by Crippen LogP contribution is 2.44. The smallest absolute Gasteiger partial charge is 0.323 e. The Hall–Kier alpha value is -1.10. The predicted octanol–water partition coefficient (Wildman–Crippen LogP) is -0.719. The molecule has 0 atom stereocenters. The van der Waals surface area contributed by atoms with Crippen molar-refractivity contribution >= 4 is 11.8 Å². The highest BCUT2D eigenvalue weighted by Gasteiger charge is 2.42. The number of hydrazine groups is 1. The highest BCUT2D eigenvalue weighted by atomic mass is 16.2. The van der Waals surface area contributed by atoms with Crippen LogP contribution >= 0.6 is 0 Å². The Morgan fingerprint density at radius 3 is 1.93 bits per heavy atom. The van der Waals surface area contributed by atoms with Crippen LogP contribution < -0.4 is 16.6 Å². The molecule has 0 aromatic heterocycles. The van der Waals surface area contributed by atoms with Crippen molar-refractivity contribution in [3.63, 3.8) is 0 Å².